The Hall–Kier alpha value is -1.34. The van der Waals surface area contributed by atoms with Gasteiger partial charge >= 0.3 is 12.0 Å². The fourth-order valence-electron chi connectivity index (χ4n) is 3.95. The van der Waals surface area contributed by atoms with Crippen molar-refractivity contribution in [1.29, 1.82) is 0 Å². The molecule has 2 atom stereocenters. The molecule has 2 amide bonds. The second kappa shape index (κ2) is 6.65. The first-order chi connectivity index (χ1) is 11.0. The third kappa shape index (κ3) is 3.77. The highest BCUT2D eigenvalue weighted by Crippen LogP contribution is 2.35. The van der Waals surface area contributed by atoms with E-state index in [1.165, 1.54) is 0 Å². The van der Waals surface area contributed by atoms with E-state index in [4.69, 9.17) is 9.47 Å². The Morgan fingerprint density at radius 3 is 2.43 bits per heavy atom. The number of rotatable bonds is 2. The number of carboxylic acid groups (broad SMARTS) is 1. The van der Waals surface area contributed by atoms with Crippen LogP contribution in [0.3, 0.4) is 0 Å². The first-order valence-electron chi connectivity index (χ1n) is 8.53. The van der Waals surface area contributed by atoms with Crippen molar-refractivity contribution < 1.29 is 24.2 Å². The SMILES string of the molecule is CC1CC(C(=O)O)CN(C(=O)NC2CCC3(CC2)OCCO3)C1. The van der Waals surface area contributed by atoms with Crippen LogP contribution in [-0.2, 0) is 14.3 Å². The molecule has 2 saturated heterocycles. The molecule has 2 heterocycles. The predicted molar refractivity (Wildman–Crippen MR) is 81.9 cm³/mol. The number of aliphatic carboxylic acids is 1. The molecule has 1 saturated carbocycles. The quantitative estimate of drug-likeness (QED) is 0.801. The Balaban J connectivity index is 1.50. The molecular formula is C16H26N2O5. The number of piperidine rings is 1. The summed E-state index contributed by atoms with van der Waals surface area (Å²) in [7, 11) is 0. The molecule has 7 nitrogen and oxygen atoms in total. The van der Waals surface area contributed by atoms with Gasteiger partial charge in [-0.05, 0) is 25.2 Å². The van der Waals surface area contributed by atoms with Gasteiger partial charge in [-0.1, -0.05) is 6.92 Å². The van der Waals surface area contributed by atoms with Gasteiger partial charge in [0.15, 0.2) is 5.79 Å². The van der Waals surface area contributed by atoms with Crippen LogP contribution in [0.5, 0.6) is 0 Å². The fourth-order valence-corrected chi connectivity index (χ4v) is 3.95. The molecule has 0 bridgehead atoms. The summed E-state index contributed by atoms with van der Waals surface area (Å²) in [6, 6.07) is -0.0292. The number of carbonyl (C=O) groups excluding carboxylic acids is 1. The molecule has 1 spiro atoms. The Kier molecular flexibility index (Phi) is 4.77. The van der Waals surface area contributed by atoms with Crippen LogP contribution in [0.25, 0.3) is 0 Å². The van der Waals surface area contributed by atoms with Crippen molar-refractivity contribution in [2.45, 2.75) is 50.9 Å². The molecule has 0 radical (unpaired) electrons. The van der Waals surface area contributed by atoms with Crippen molar-refractivity contribution in [3.05, 3.63) is 0 Å². The first-order valence-corrected chi connectivity index (χ1v) is 8.53. The smallest absolute Gasteiger partial charge is 0.317 e. The van der Waals surface area contributed by atoms with Gasteiger partial charge in [-0.3, -0.25) is 4.79 Å². The molecule has 2 aliphatic heterocycles. The van der Waals surface area contributed by atoms with Gasteiger partial charge in [0.25, 0.3) is 0 Å². The molecule has 23 heavy (non-hydrogen) atoms. The van der Waals surface area contributed by atoms with Gasteiger partial charge in [-0.2, -0.15) is 0 Å². The van der Waals surface area contributed by atoms with Crippen LogP contribution in [-0.4, -0.2) is 60.1 Å². The number of urea groups is 1. The molecule has 0 aromatic rings. The molecule has 1 aliphatic carbocycles. The minimum absolute atomic E-state index is 0.112. The van der Waals surface area contributed by atoms with E-state index in [1.54, 1.807) is 4.90 Å². The zero-order valence-corrected chi connectivity index (χ0v) is 13.6. The Labute approximate surface area is 136 Å². The number of carbonyl (C=O) groups is 2. The predicted octanol–water partition coefficient (Wildman–Crippen LogP) is 1.42. The number of ether oxygens (including phenoxy) is 2. The van der Waals surface area contributed by atoms with Crippen molar-refractivity contribution in [3.63, 3.8) is 0 Å². The maximum absolute atomic E-state index is 12.5. The van der Waals surface area contributed by atoms with Crippen LogP contribution < -0.4 is 5.32 Å². The van der Waals surface area contributed by atoms with E-state index in [0.717, 1.165) is 25.7 Å². The van der Waals surface area contributed by atoms with E-state index in [0.29, 0.717) is 32.7 Å². The largest absolute Gasteiger partial charge is 0.481 e. The van der Waals surface area contributed by atoms with Crippen molar-refractivity contribution in [2.75, 3.05) is 26.3 Å². The molecule has 0 aromatic carbocycles. The lowest BCUT2D eigenvalue weighted by atomic mass is 9.89. The molecule has 3 rings (SSSR count). The van der Waals surface area contributed by atoms with Crippen molar-refractivity contribution in [1.82, 2.24) is 10.2 Å². The van der Waals surface area contributed by atoms with Crippen molar-refractivity contribution in [3.8, 4) is 0 Å². The lowest BCUT2D eigenvalue weighted by Gasteiger charge is -2.38. The summed E-state index contributed by atoms with van der Waals surface area (Å²) < 4.78 is 11.4. The third-order valence-corrected chi connectivity index (χ3v) is 5.18. The monoisotopic (exact) mass is 326 g/mol. The number of amides is 2. The average molecular weight is 326 g/mol. The highest BCUT2D eigenvalue weighted by molar-refractivity contribution is 5.76. The van der Waals surface area contributed by atoms with Crippen LogP contribution in [0, 0.1) is 11.8 Å². The number of hydrogen-bond acceptors (Lipinski definition) is 4. The van der Waals surface area contributed by atoms with E-state index in [-0.39, 0.29) is 18.0 Å². The van der Waals surface area contributed by atoms with E-state index >= 15 is 0 Å². The van der Waals surface area contributed by atoms with E-state index in [2.05, 4.69) is 5.32 Å². The van der Waals surface area contributed by atoms with Gasteiger partial charge in [-0.15, -0.1) is 0 Å². The standard InChI is InChI=1S/C16H26N2O5/c1-11-8-12(14(19)20)10-18(9-11)15(21)17-13-2-4-16(5-3-13)22-6-7-23-16/h11-13H,2-10H2,1H3,(H,17,21)(H,19,20). The van der Waals surface area contributed by atoms with Gasteiger partial charge in [0.2, 0.25) is 0 Å². The Morgan fingerprint density at radius 2 is 1.83 bits per heavy atom. The molecule has 3 aliphatic rings. The fraction of sp³-hybridized carbons (Fsp3) is 0.875. The summed E-state index contributed by atoms with van der Waals surface area (Å²) >= 11 is 0. The molecular weight excluding hydrogens is 300 g/mol. The lowest BCUT2D eigenvalue weighted by Crippen LogP contribution is -2.53. The Morgan fingerprint density at radius 1 is 1.17 bits per heavy atom. The van der Waals surface area contributed by atoms with Crippen LogP contribution in [0.2, 0.25) is 0 Å². The summed E-state index contributed by atoms with van der Waals surface area (Å²) in [5, 5.41) is 12.3. The summed E-state index contributed by atoms with van der Waals surface area (Å²) in [4.78, 5) is 25.3. The number of hydrogen-bond donors (Lipinski definition) is 2. The molecule has 2 N–H and O–H groups in total. The van der Waals surface area contributed by atoms with E-state index < -0.39 is 17.7 Å². The zero-order valence-electron chi connectivity index (χ0n) is 13.6. The van der Waals surface area contributed by atoms with Crippen LogP contribution in [0.4, 0.5) is 4.79 Å². The summed E-state index contributed by atoms with van der Waals surface area (Å²) in [5.74, 6) is -1.48. The highest BCUT2D eigenvalue weighted by Gasteiger charge is 2.41. The van der Waals surface area contributed by atoms with Crippen molar-refractivity contribution in [2.24, 2.45) is 11.8 Å². The van der Waals surface area contributed by atoms with Crippen LogP contribution >= 0.6 is 0 Å². The molecule has 7 heteroatoms. The van der Waals surface area contributed by atoms with Gasteiger partial charge in [0, 0.05) is 32.0 Å². The molecule has 130 valence electrons. The normalized spacial score (nSPS) is 31.3. The van der Waals surface area contributed by atoms with Gasteiger partial charge in [0.1, 0.15) is 0 Å². The number of nitrogens with zero attached hydrogens (tertiary/aromatic N) is 1. The topological polar surface area (TPSA) is 88.1 Å². The lowest BCUT2D eigenvalue weighted by molar-refractivity contribution is -0.179. The summed E-state index contributed by atoms with van der Waals surface area (Å²) in [5.41, 5.74) is 0. The molecule has 0 aromatic heterocycles. The molecule has 2 unspecified atom stereocenters. The zero-order chi connectivity index (χ0) is 16.4. The van der Waals surface area contributed by atoms with E-state index in [1.807, 2.05) is 6.92 Å². The van der Waals surface area contributed by atoms with Crippen LogP contribution in [0.15, 0.2) is 0 Å². The number of likely N-dealkylation sites (tertiary alicyclic amines) is 1. The number of carboxylic acids is 1. The minimum Gasteiger partial charge on any atom is -0.481 e. The van der Waals surface area contributed by atoms with Crippen molar-refractivity contribution >= 4 is 12.0 Å². The second-order valence-electron chi connectivity index (χ2n) is 7.11. The third-order valence-electron chi connectivity index (χ3n) is 5.18. The molecule has 3 fully saturated rings. The highest BCUT2D eigenvalue weighted by atomic mass is 16.7. The average Bonchev–Trinajstić information content (AvgIpc) is 2.97. The maximum atomic E-state index is 12.5. The van der Waals surface area contributed by atoms with Gasteiger partial charge in [-0.25, -0.2) is 4.79 Å². The van der Waals surface area contributed by atoms with Crippen LogP contribution in [0.1, 0.15) is 39.0 Å². The minimum atomic E-state index is -0.815. The second-order valence-corrected chi connectivity index (χ2v) is 7.11. The number of nitrogens with one attached hydrogen (secondary N) is 1. The summed E-state index contributed by atoms with van der Waals surface area (Å²) in [6.07, 6.45) is 3.90. The Bertz CT molecular complexity index is 453. The maximum Gasteiger partial charge on any atom is 0.317 e. The van der Waals surface area contributed by atoms with Gasteiger partial charge < -0.3 is 24.8 Å². The van der Waals surface area contributed by atoms with E-state index in [9.17, 15) is 14.7 Å². The first kappa shape index (κ1) is 16.5. The summed E-state index contributed by atoms with van der Waals surface area (Å²) in [6.45, 7) is 4.22. The van der Waals surface area contributed by atoms with Gasteiger partial charge in [0.05, 0.1) is 19.1 Å².